The molecule has 0 spiro atoms. The molecule has 0 atom stereocenters. The highest BCUT2D eigenvalue weighted by Crippen LogP contribution is 2.30. The van der Waals surface area contributed by atoms with Crippen molar-refractivity contribution in [2.45, 2.75) is 0 Å². The lowest BCUT2D eigenvalue weighted by molar-refractivity contribution is 0.365. The van der Waals surface area contributed by atoms with Crippen LogP contribution in [0.5, 0.6) is 11.8 Å². The first kappa shape index (κ1) is 13.1. The molecule has 0 aliphatic rings. The Morgan fingerprint density at radius 1 is 1.10 bits per heavy atom. The Balaban J connectivity index is 2.22. The van der Waals surface area contributed by atoms with Gasteiger partial charge in [0.25, 0.3) is 0 Å². The Morgan fingerprint density at radius 2 is 1.90 bits per heavy atom. The van der Waals surface area contributed by atoms with Gasteiger partial charge in [-0.1, -0.05) is 0 Å². The molecular formula is C13H14N6O2. The Hall–Kier alpha value is -2.90. The summed E-state index contributed by atoms with van der Waals surface area (Å²) in [6.45, 7) is 0. The second-order valence-corrected chi connectivity index (χ2v) is 4.35. The van der Waals surface area contributed by atoms with Gasteiger partial charge in [-0.05, 0) is 6.07 Å². The number of hydrogen-bond donors (Lipinski definition) is 1. The first-order valence-corrected chi connectivity index (χ1v) is 6.18. The third kappa shape index (κ3) is 2.10. The molecule has 0 saturated carbocycles. The second-order valence-electron chi connectivity index (χ2n) is 4.35. The van der Waals surface area contributed by atoms with Crippen LogP contribution < -0.4 is 15.2 Å². The first-order chi connectivity index (χ1) is 10.1. The van der Waals surface area contributed by atoms with Crippen molar-refractivity contribution < 1.29 is 9.47 Å². The van der Waals surface area contributed by atoms with E-state index in [2.05, 4.69) is 20.1 Å². The summed E-state index contributed by atoms with van der Waals surface area (Å²) in [5, 5.41) is 4.84. The highest BCUT2D eigenvalue weighted by molar-refractivity contribution is 5.87. The van der Waals surface area contributed by atoms with Crippen LogP contribution in [0.15, 0.2) is 18.3 Å². The number of nitrogens with zero attached hydrogens (tertiary/aromatic N) is 5. The van der Waals surface area contributed by atoms with E-state index in [0.29, 0.717) is 40.0 Å². The molecule has 108 valence electrons. The van der Waals surface area contributed by atoms with Crippen molar-refractivity contribution in [1.82, 2.24) is 24.7 Å². The molecule has 2 N–H and O–H groups in total. The number of nitrogens with two attached hydrogens (primary N) is 1. The van der Waals surface area contributed by atoms with Crippen LogP contribution in [0.4, 0.5) is 5.82 Å². The zero-order valence-electron chi connectivity index (χ0n) is 11.9. The lowest BCUT2D eigenvalue weighted by Crippen LogP contribution is -2.02. The number of ether oxygens (including phenoxy) is 2. The molecule has 0 radical (unpaired) electrons. The molecule has 0 aliphatic heterocycles. The van der Waals surface area contributed by atoms with E-state index >= 15 is 0 Å². The Morgan fingerprint density at radius 3 is 2.62 bits per heavy atom. The third-order valence-corrected chi connectivity index (χ3v) is 3.10. The van der Waals surface area contributed by atoms with Gasteiger partial charge < -0.3 is 15.2 Å². The Kier molecular flexibility index (Phi) is 3.05. The summed E-state index contributed by atoms with van der Waals surface area (Å²) in [4.78, 5) is 13.0. The second kappa shape index (κ2) is 4.89. The number of rotatable bonds is 3. The summed E-state index contributed by atoms with van der Waals surface area (Å²) in [7, 11) is 4.86. The van der Waals surface area contributed by atoms with E-state index in [-0.39, 0.29) is 0 Å². The monoisotopic (exact) mass is 286 g/mol. The molecular weight excluding hydrogens is 272 g/mol. The van der Waals surface area contributed by atoms with Crippen molar-refractivity contribution in [2.75, 3.05) is 20.0 Å². The van der Waals surface area contributed by atoms with Gasteiger partial charge in [0.2, 0.25) is 11.8 Å². The number of fused-ring (bicyclic) bond motifs is 1. The molecule has 8 heteroatoms. The minimum absolute atomic E-state index is 0.362. The summed E-state index contributed by atoms with van der Waals surface area (Å²) in [6.07, 6.45) is 1.64. The van der Waals surface area contributed by atoms with Crippen molar-refractivity contribution >= 4 is 16.9 Å². The lowest BCUT2D eigenvalue weighted by atomic mass is 10.2. The number of aromatic nitrogens is 5. The highest BCUT2D eigenvalue weighted by Gasteiger charge is 2.15. The normalized spacial score (nSPS) is 10.8. The molecule has 3 aromatic heterocycles. The maximum atomic E-state index is 5.96. The number of methoxy groups -OCH3 is 2. The molecule has 0 amide bonds. The van der Waals surface area contributed by atoms with Crippen molar-refractivity contribution in [3.63, 3.8) is 0 Å². The smallest absolute Gasteiger partial charge is 0.227 e. The van der Waals surface area contributed by atoms with E-state index in [1.165, 1.54) is 14.2 Å². The van der Waals surface area contributed by atoms with Gasteiger partial charge in [0.1, 0.15) is 5.82 Å². The Labute approximate surface area is 120 Å². The van der Waals surface area contributed by atoms with E-state index in [9.17, 15) is 0 Å². The summed E-state index contributed by atoms with van der Waals surface area (Å²) >= 11 is 0. The molecule has 0 bridgehead atoms. The molecule has 3 rings (SSSR count). The van der Waals surface area contributed by atoms with Crippen molar-refractivity contribution in [3.8, 4) is 23.1 Å². The van der Waals surface area contributed by atoms with Gasteiger partial charge in [0.05, 0.1) is 31.4 Å². The van der Waals surface area contributed by atoms with Crippen LogP contribution in [-0.2, 0) is 7.05 Å². The topological polar surface area (TPSA) is 101 Å². The predicted octanol–water partition coefficient (Wildman–Crippen LogP) is 1.02. The van der Waals surface area contributed by atoms with Crippen LogP contribution in [0.3, 0.4) is 0 Å². The van der Waals surface area contributed by atoms with Crippen molar-refractivity contribution in [2.24, 2.45) is 7.05 Å². The average Bonchev–Trinajstić information content (AvgIpc) is 2.88. The molecule has 3 heterocycles. The molecule has 8 nitrogen and oxygen atoms in total. The summed E-state index contributed by atoms with van der Waals surface area (Å²) in [5.74, 6) is 1.61. The van der Waals surface area contributed by atoms with Gasteiger partial charge in [-0.3, -0.25) is 4.68 Å². The van der Waals surface area contributed by atoms with Crippen LogP contribution in [0.2, 0.25) is 0 Å². The number of nitrogen functional groups attached to an aromatic ring is 1. The largest absolute Gasteiger partial charge is 0.481 e. The minimum atomic E-state index is 0.362. The van der Waals surface area contributed by atoms with Crippen molar-refractivity contribution in [1.29, 1.82) is 0 Å². The quantitative estimate of drug-likeness (QED) is 0.767. The molecule has 0 aromatic carbocycles. The van der Waals surface area contributed by atoms with Gasteiger partial charge in [0, 0.05) is 13.1 Å². The molecule has 0 fully saturated rings. The fourth-order valence-electron chi connectivity index (χ4n) is 2.03. The van der Waals surface area contributed by atoms with Crippen molar-refractivity contribution in [3.05, 3.63) is 18.3 Å². The minimum Gasteiger partial charge on any atom is -0.481 e. The SMILES string of the molecule is COc1ccc(-c2nc(N)c3cnn(C)c3n2)c(OC)n1. The zero-order chi connectivity index (χ0) is 15.0. The van der Waals surface area contributed by atoms with E-state index < -0.39 is 0 Å². The van der Waals surface area contributed by atoms with Crippen LogP contribution in [0, 0.1) is 0 Å². The number of pyridine rings is 1. The van der Waals surface area contributed by atoms with Crippen LogP contribution in [0.25, 0.3) is 22.4 Å². The van der Waals surface area contributed by atoms with E-state index in [4.69, 9.17) is 15.2 Å². The first-order valence-electron chi connectivity index (χ1n) is 6.18. The van der Waals surface area contributed by atoms with Crippen LogP contribution in [-0.4, -0.2) is 39.0 Å². The molecule has 0 aliphatic carbocycles. The molecule has 0 saturated heterocycles. The van der Waals surface area contributed by atoms with E-state index in [1.54, 1.807) is 30.1 Å². The average molecular weight is 286 g/mol. The van der Waals surface area contributed by atoms with Crippen LogP contribution in [0.1, 0.15) is 0 Å². The van der Waals surface area contributed by atoms with Gasteiger partial charge in [0.15, 0.2) is 11.5 Å². The van der Waals surface area contributed by atoms with E-state index in [0.717, 1.165) is 0 Å². The fraction of sp³-hybridized carbons (Fsp3) is 0.231. The lowest BCUT2D eigenvalue weighted by Gasteiger charge is -2.09. The van der Waals surface area contributed by atoms with Gasteiger partial charge >= 0.3 is 0 Å². The van der Waals surface area contributed by atoms with Gasteiger partial charge in [-0.15, -0.1) is 0 Å². The maximum Gasteiger partial charge on any atom is 0.227 e. The van der Waals surface area contributed by atoms with E-state index in [1.807, 2.05) is 0 Å². The molecule has 3 aromatic rings. The maximum absolute atomic E-state index is 5.96. The number of aryl methyl sites for hydroxylation is 1. The standard InChI is InChI=1S/C13H14N6O2/c1-19-12-8(6-15-19)10(14)17-11(18-12)7-4-5-9(20-2)16-13(7)21-3/h4-6H,1-3H3,(H2,14,17,18). The fourth-order valence-corrected chi connectivity index (χ4v) is 2.03. The highest BCUT2D eigenvalue weighted by atomic mass is 16.5. The summed E-state index contributed by atoms with van der Waals surface area (Å²) < 4.78 is 12.0. The molecule has 21 heavy (non-hydrogen) atoms. The Bertz CT molecular complexity index is 814. The van der Waals surface area contributed by atoms with Crippen LogP contribution >= 0.6 is 0 Å². The summed E-state index contributed by atoms with van der Waals surface area (Å²) in [6, 6.07) is 3.49. The third-order valence-electron chi connectivity index (χ3n) is 3.10. The predicted molar refractivity (Wildman–Crippen MR) is 77.1 cm³/mol. The number of anilines is 1. The summed E-state index contributed by atoms with van der Waals surface area (Å²) in [5.41, 5.74) is 7.25. The number of hydrogen-bond acceptors (Lipinski definition) is 7. The van der Waals surface area contributed by atoms with Gasteiger partial charge in [-0.2, -0.15) is 10.1 Å². The van der Waals surface area contributed by atoms with Gasteiger partial charge in [-0.25, -0.2) is 9.97 Å². The molecule has 0 unspecified atom stereocenters. The zero-order valence-corrected chi connectivity index (χ0v) is 11.9.